The van der Waals surface area contributed by atoms with Crippen molar-refractivity contribution >= 4 is 5.96 Å². The molecule has 2 aromatic carbocycles. The van der Waals surface area contributed by atoms with Crippen LogP contribution in [0.3, 0.4) is 0 Å². The molecule has 0 spiro atoms. The Morgan fingerprint density at radius 3 is 2.75 bits per heavy atom. The molecule has 4 rings (SSSR count). The Bertz CT molecular complexity index is 1020. The fourth-order valence-corrected chi connectivity index (χ4v) is 4.00. The van der Waals surface area contributed by atoms with Crippen LogP contribution in [0.25, 0.3) is 0 Å². The van der Waals surface area contributed by atoms with Crippen LogP contribution in [-0.4, -0.2) is 46.1 Å². The van der Waals surface area contributed by atoms with E-state index in [-0.39, 0.29) is 18.0 Å². The minimum Gasteiger partial charge on any atom is -0.367 e. The van der Waals surface area contributed by atoms with Crippen molar-refractivity contribution in [2.75, 3.05) is 19.6 Å². The first kappa shape index (κ1) is 22.0. The van der Waals surface area contributed by atoms with Crippen LogP contribution in [0.1, 0.15) is 36.6 Å². The molecule has 1 aliphatic rings. The Kier molecular flexibility index (Phi) is 7.17. The van der Waals surface area contributed by atoms with E-state index in [1.165, 1.54) is 17.7 Å². The maximum Gasteiger partial charge on any atom is 0.194 e. The highest BCUT2D eigenvalue weighted by Crippen LogP contribution is 2.25. The van der Waals surface area contributed by atoms with E-state index in [1.54, 1.807) is 18.3 Å². The van der Waals surface area contributed by atoms with E-state index in [9.17, 15) is 4.39 Å². The molecule has 2 atom stereocenters. The zero-order valence-electron chi connectivity index (χ0n) is 18.6. The number of aromatic nitrogens is 2. The van der Waals surface area contributed by atoms with Gasteiger partial charge in [0, 0.05) is 32.0 Å². The number of imidazole rings is 1. The molecule has 168 valence electrons. The lowest BCUT2D eigenvalue weighted by atomic mass is 10.1. The normalized spacial score (nSPS) is 19.2. The van der Waals surface area contributed by atoms with E-state index in [4.69, 9.17) is 9.73 Å². The molecule has 1 fully saturated rings. The molecule has 0 radical (unpaired) electrons. The summed E-state index contributed by atoms with van der Waals surface area (Å²) in [6.07, 6.45) is 5.50. The molecule has 7 heteroatoms. The van der Waals surface area contributed by atoms with Gasteiger partial charge in [-0.25, -0.2) is 14.4 Å². The maximum absolute atomic E-state index is 13.3. The average Bonchev–Trinajstić information content (AvgIpc) is 3.30. The predicted octanol–water partition coefficient (Wildman–Crippen LogP) is 4.00. The summed E-state index contributed by atoms with van der Waals surface area (Å²) in [6, 6.07) is 15.1. The summed E-state index contributed by atoms with van der Waals surface area (Å²) in [5, 5.41) is 3.42. The van der Waals surface area contributed by atoms with E-state index >= 15 is 0 Å². The zero-order valence-corrected chi connectivity index (χ0v) is 18.6. The highest BCUT2D eigenvalue weighted by atomic mass is 19.1. The largest absolute Gasteiger partial charge is 0.367 e. The third-order valence-electron chi connectivity index (χ3n) is 5.46. The van der Waals surface area contributed by atoms with Gasteiger partial charge in [0.1, 0.15) is 11.9 Å². The Morgan fingerprint density at radius 2 is 2.00 bits per heavy atom. The molecular formula is C25H30FN5O. The molecule has 6 nitrogen and oxygen atoms in total. The van der Waals surface area contributed by atoms with Crippen LogP contribution in [0.2, 0.25) is 0 Å². The second kappa shape index (κ2) is 10.4. The third-order valence-corrected chi connectivity index (χ3v) is 5.46. The third kappa shape index (κ3) is 5.73. The van der Waals surface area contributed by atoms with Crippen LogP contribution in [0.5, 0.6) is 0 Å². The lowest BCUT2D eigenvalue weighted by molar-refractivity contribution is -0.0605. The van der Waals surface area contributed by atoms with Gasteiger partial charge < -0.3 is 19.5 Å². The summed E-state index contributed by atoms with van der Waals surface area (Å²) >= 11 is 0. The van der Waals surface area contributed by atoms with Gasteiger partial charge in [-0.05, 0) is 42.7 Å². The van der Waals surface area contributed by atoms with Gasteiger partial charge in [0.25, 0.3) is 0 Å². The van der Waals surface area contributed by atoms with Crippen LogP contribution >= 0.6 is 0 Å². The number of nitrogens with zero attached hydrogens (tertiary/aromatic N) is 4. The molecule has 0 bridgehead atoms. The van der Waals surface area contributed by atoms with Crippen molar-refractivity contribution in [1.82, 2.24) is 19.8 Å². The Balaban J connectivity index is 1.48. The van der Waals surface area contributed by atoms with Crippen LogP contribution in [0.4, 0.5) is 4.39 Å². The predicted molar refractivity (Wildman–Crippen MR) is 124 cm³/mol. The van der Waals surface area contributed by atoms with Gasteiger partial charge in [0.05, 0.1) is 25.5 Å². The fraction of sp³-hybridized carbons (Fsp3) is 0.360. The lowest BCUT2D eigenvalue weighted by Gasteiger charge is -2.38. The molecular weight excluding hydrogens is 405 g/mol. The smallest absolute Gasteiger partial charge is 0.194 e. The van der Waals surface area contributed by atoms with Gasteiger partial charge in [0.15, 0.2) is 5.96 Å². The number of halogens is 1. The zero-order chi connectivity index (χ0) is 22.3. The minimum atomic E-state index is -0.236. The highest BCUT2D eigenvalue weighted by molar-refractivity contribution is 5.80. The number of nitrogens with one attached hydrogen (secondary N) is 1. The van der Waals surface area contributed by atoms with Crippen LogP contribution < -0.4 is 5.32 Å². The van der Waals surface area contributed by atoms with Crippen LogP contribution in [0, 0.1) is 5.82 Å². The SMILES string of the molecule is CCNC(=NCc1cccc(Cn2ccnc2)c1)N1CC(C)OC(c2ccc(F)cc2)C1. The molecule has 0 aliphatic carbocycles. The van der Waals surface area contributed by atoms with Crippen molar-refractivity contribution in [2.24, 2.45) is 4.99 Å². The second-order valence-electron chi connectivity index (χ2n) is 8.12. The van der Waals surface area contributed by atoms with Gasteiger partial charge in [-0.3, -0.25) is 0 Å². The monoisotopic (exact) mass is 435 g/mol. The number of rotatable bonds is 6. The second-order valence-corrected chi connectivity index (χ2v) is 8.12. The van der Waals surface area contributed by atoms with Crippen LogP contribution in [0.15, 0.2) is 72.2 Å². The van der Waals surface area contributed by atoms with E-state index in [0.29, 0.717) is 13.1 Å². The number of morpholine rings is 1. The van der Waals surface area contributed by atoms with E-state index in [0.717, 1.165) is 36.7 Å². The van der Waals surface area contributed by atoms with Gasteiger partial charge in [-0.1, -0.05) is 36.4 Å². The first-order chi connectivity index (χ1) is 15.6. The first-order valence-electron chi connectivity index (χ1n) is 11.1. The van der Waals surface area contributed by atoms with Crippen molar-refractivity contribution in [2.45, 2.75) is 39.1 Å². The summed E-state index contributed by atoms with van der Waals surface area (Å²) in [5.74, 6) is 0.634. The summed E-state index contributed by atoms with van der Waals surface area (Å²) in [4.78, 5) is 11.3. The molecule has 1 saturated heterocycles. The van der Waals surface area contributed by atoms with E-state index < -0.39 is 0 Å². The molecule has 1 aromatic heterocycles. The lowest BCUT2D eigenvalue weighted by Crippen LogP contribution is -2.50. The molecule has 1 aliphatic heterocycles. The Hall–Kier alpha value is -3.19. The fourth-order valence-electron chi connectivity index (χ4n) is 4.00. The number of aliphatic imine (C=N–C) groups is 1. The molecule has 0 amide bonds. The highest BCUT2D eigenvalue weighted by Gasteiger charge is 2.28. The van der Waals surface area contributed by atoms with Crippen molar-refractivity contribution in [3.8, 4) is 0 Å². The minimum absolute atomic E-state index is 0.0427. The summed E-state index contributed by atoms with van der Waals surface area (Å²) < 4.78 is 21.5. The van der Waals surface area contributed by atoms with E-state index in [2.05, 4.69) is 57.9 Å². The summed E-state index contributed by atoms with van der Waals surface area (Å²) in [7, 11) is 0. The molecule has 2 heterocycles. The van der Waals surface area contributed by atoms with Gasteiger partial charge in [-0.2, -0.15) is 0 Å². The summed E-state index contributed by atoms with van der Waals surface area (Å²) in [6.45, 7) is 7.72. The van der Waals surface area contributed by atoms with Gasteiger partial charge in [0.2, 0.25) is 0 Å². The van der Waals surface area contributed by atoms with Crippen molar-refractivity contribution in [1.29, 1.82) is 0 Å². The van der Waals surface area contributed by atoms with Crippen LogP contribution in [-0.2, 0) is 17.8 Å². The Morgan fingerprint density at radius 1 is 1.19 bits per heavy atom. The van der Waals surface area contributed by atoms with Crippen molar-refractivity contribution in [3.05, 3.63) is 89.8 Å². The number of hydrogen-bond acceptors (Lipinski definition) is 3. The molecule has 0 saturated carbocycles. The molecule has 32 heavy (non-hydrogen) atoms. The molecule has 2 unspecified atom stereocenters. The quantitative estimate of drug-likeness (QED) is 0.470. The maximum atomic E-state index is 13.3. The van der Waals surface area contributed by atoms with E-state index in [1.807, 2.05) is 12.5 Å². The summed E-state index contributed by atoms with van der Waals surface area (Å²) in [5.41, 5.74) is 3.36. The average molecular weight is 436 g/mol. The number of ether oxygens (including phenoxy) is 1. The first-order valence-corrected chi connectivity index (χ1v) is 11.1. The topological polar surface area (TPSA) is 54.7 Å². The standard InChI is InChI=1S/C25H30FN5O/c1-3-28-25(29-14-20-5-4-6-21(13-20)16-30-12-11-27-18-30)31-15-19(2)32-24(17-31)22-7-9-23(26)10-8-22/h4-13,18-19,24H,3,14-17H2,1-2H3,(H,28,29). The molecule has 3 aromatic rings. The van der Waals surface area contributed by atoms with Crippen molar-refractivity contribution in [3.63, 3.8) is 0 Å². The Labute approximate surface area is 188 Å². The number of guanidine groups is 1. The van der Waals surface area contributed by atoms with Gasteiger partial charge >= 0.3 is 0 Å². The van der Waals surface area contributed by atoms with Gasteiger partial charge in [-0.15, -0.1) is 0 Å². The molecule has 1 N–H and O–H groups in total. The number of hydrogen-bond donors (Lipinski definition) is 1. The number of benzene rings is 2. The van der Waals surface area contributed by atoms with Crippen molar-refractivity contribution < 1.29 is 9.13 Å².